The first-order valence-electron chi connectivity index (χ1n) is 9.98. The Bertz CT molecular complexity index is 814. The smallest absolute Gasteiger partial charge is 0.227 e. The summed E-state index contributed by atoms with van der Waals surface area (Å²) in [5, 5.41) is 1.99. The van der Waals surface area contributed by atoms with Crippen LogP contribution >= 0.6 is 11.3 Å². The minimum atomic E-state index is 0.128. The fourth-order valence-electron chi connectivity index (χ4n) is 3.43. The van der Waals surface area contributed by atoms with E-state index in [0.29, 0.717) is 63.5 Å². The highest BCUT2D eigenvalue weighted by atomic mass is 32.1. The van der Waals surface area contributed by atoms with E-state index < -0.39 is 0 Å². The van der Waals surface area contributed by atoms with Gasteiger partial charge in [0, 0.05) is 37.5 Å². The van der Waals surface area contributed by atoms with E-state index in [1.165, 1.54) is 0 Å². The topological polar surface area (TPSA) is 59.1 Å². The van der Waals surface area contributed by atoms with Crippen molar-refractivity contribution in [2.75, 3.05) is 39.9 Å². The van der Waals surface area contributed by atoms with Gasteiger partial charge in [-0.05, 0) is 42.5 Å². The number of hydrogen-bond donors (Lipinski definition) is 0. The summed E-state index contributed by atoms with van der Waals surface area (Å²) in [6.07, 6.45) is 1.55. The van der Waals surface area contributed by atoms with Crippen LogP contribution in [0.5, 0.6) is 11.5 Å². The Morgan fingerprint density at radius 1 is 1.03 bits per heavy atom. The number of thiophene rings is 1. The summed E-state index contributed by atoms with van der Waals surface area (Å²) < 4.78 is 10.9. The van der Waals surface area contributed by atoms with Crippen LogP contribution < -0.4 is 9.47 Å². The molecule has 6 nitrogen and oxygen atoms in total. The van der Waals surface area contributed by atoms with Crippen LogP contribution in [0.25, 0.3) is 0 Å². The van der Waals surface area contributed by atoms with E-state index in [1.807, 2.05) is 52.4 Å². The lowest BCUT2D eigenvalue weighted by Crippen LogP contribution is -2.51. The van der Waals surface area contributed by atoms with Crippen molar-refractivity contribution in [1.82, 2.24) is 9.80 Å². The van der Waals surface area contributed by atoms with Crippen molar-refractivity contribution in [1.29, 1.82) is 0 Å². The lowest BCUT2D eigenvalue weighted by molar-refractivity contribution is -0.139. The standard InChI is InChI=1S/C22H28N2O4S/c1-3-28-19-8-6-17(15-20(19)27-2)7-9-21(25)23-10-12-24(13-11-23)22(26)16-18-5-4-14-29-18/h4-6,8,14-15H,3,7,9-13,16H2,1-2H3. The number of piperazine rings is 1. The SMILES string of the molecule is CCOc1ccc(CCC(=O)N2CCN(C(=O)Cc3cccs3)CC2)cc1OC. The quantitative estimate of drug-likeness (QED) is 0.664. The summed E-state index contributed by atoms with van der Waals surface area (Å²) in [5.74, 6) is 1.67. The minimum absolute atomic E-state index is 0.128. The molecule has 2 amide bonds. The van der Waals surface area contributed by atoms with Crippen molar-refractivity contribution in [3.05, 3.63) is 46.2 Å². The first kappa shape index (κ1) is 21.2. The van der Waals surface area contributed by atoms with Crippen LogP contribution in [-0.2, 0) is 22.4 Å². The predicted molar refractivity (Wildman–Crippen MR) is 114 cm³/mol. The Morgan fingerprint density at radius 2 is 1.76 bits per heavy atom. The van der Waals surface area contributed by atoms with Crippen molar-refractivity contribution in [3.8, 4) is 11.5 Å². The molecule has 0 spiro atoms. The van der Waals surface area contributed by atoms with Gasteiger partial charge in [-0.2, -0.15) is 0 Å². The molecule has 0 aliphatic carbocycles. The van der Waals surface area contributed by atoms with Gasteiger partial charge in [-0.15, -0.1) is 11.3 Å². The van der Waals surface area contributed by atoms with E-state index in [-0.39, 0.29) is 11.8 Å². The largest absolute Gasteiger partial charge is 0.493 e. The van der Waals surface area contributed by atoms with Crippen LogP contribution in [0.2, 0.25) is 0 Å². The maximum absolute atomic E-state index is 12.6. The van der Waals surface area contributed by atoms with Crippen LogP contribution in [0.3, 0.4) is 0 Å². The zero-order valence-corrected chi connectivity index (χ0v) is 17.9. The maximum atomic E-state index is 12.6. The Labute approximate surface area is 176 Å². The highest BCUT2D eigenvalue weighted by Crippen LogP contribution is 2.28. The number of hydrogen-bond acceptors (Lipinski definition) is 5. The second-order valence-corrected chi connectivity index (χ2v) is 7.97. The van der Waals surface area contributed by atoms with Gasteiger partial charge < -0.3 is 19.3 Å². The molecule has 3 rings (SSSR count). The number of carbonyl (C=O) groups is 2. The monoisotopic (exact) mass is 416 g/mol. The summed E-state index contributed by atoms with van der Waals surface area (Å²) in [5.41, 5.74) is 1.04. The van der Waals surface area contributed by atoms with Crippen molar-refractivity contribution in [2.24, 2.45) is 0 Å². The van der Waals surface area contributed by atoms with E-state index in [1.54, 1.807) is 18.4 Å². The maximum Gasteiger partial charge on any atom is 0.227 e. The van der Waals surface area contributed by atoms with Gasteiger partial charge in [0.2, 0.25) is 11.8 Å². The van der Waals surface area contributed by atoms with Crippen molar-refractivity contribution in [3.63, 3.8) is 0 Å². The molecular weight excluding hydrogens is 388 g/mol. The molecule has 0 bridgehead atoms. The Morgan fingerprint density at radius 3 is 2.38 bits per heavy atom. The van der Waals surface area contributed by atoms with Gasteiger partial charge in [0.1, 0.15) is 0 Å². The number of benzene rings is 1. The molecule has 1 aliphatic rings. The molecule has 1 aromatic carbocycles. The molecule has 156 valence electrons. The number of aryl methyl sites for hydroxylation is 1. The molecule has 0 N–H and O–H groups in total. The molecule has 0 unspecified atom stereocenters. The minimum Gasteiger partial charge on any atom is -0.493 e. The molecule has 1 aromatic heterocycles. The third-order valence-electron chi connectivity index (χ3n) is 5.05. The number of carbonyl (C=O) groups excluding carboxylic acids is 2. The second kappa shape index (κ2) is 10.3. The fourth-order valence-corrected chi connectivity index (χ4v) is 4.13. The number of nitrogens with zero attached hydrogens (tertiary/aromatic N) is 2. The van der Waals surface area contributed by atoms with Crippen LogP contribution in [-0.4, -0.2) is 61.5 Å². The van der Waals surface area contributed by atoms with Gasteiger partial charge in [-0.25, -0.2) is 0 Å². The third-order valence-corrected chi connectivity index (χ3v) is 5.92. The number of methoxy groups -OCH3 is 1. The fraction of sp³-hybridized carbons (Fsp3) is 0.455. The number of ether oxygens (including phenoxy) is 2. The van der Waals surface area contributed by atoms with E-state index in [4.69, 9.17) is 9.47 Å². The molecule has 0 radical (unpaired) electrons. The van der Waals surface area contributed by atoms with E-state index >= 15 is 0 Å². The van der Waals surface area contributed by atoms with Crippen molar-refractivity contribution < 1.29 is 19.1 Å². The normalized spacial score (nSPS) is 14.0. The third kappa shape index (κ3) is 5.73. The molecule has 1 fully saturated rings. The summed E-state index contributed by atoms with van der Waals surface area (Å²) in [6.45, 7) is 4.92. The van der Waals surface area contributed by atoms with Crippen LogP contribution in [0.1, 0.15) is 23.8 Å². The van der Waals surface area contributed by atoms with Gasteiger partial charge in [0.05, 0.1) is 20.1 Å². The zero-order chi connectivity index (χ0) is 20.6. The van der Waals surface area contributed by atoms with Crippen LogP contribution in [0.4, 0.5) is 0 Å². The average Bonchev–Trinajstić information content (AvgIpc) is 3.26. The molecule has 7 heteroatoms. The molecular formula is C22H28N2O4S. The van der Waals surface area contributed by atoms with Gasteiger partial charge in [-0.3, -0.25) is 9.59 Å². The molecule has 1 aliphatic heterocycles. The summed E-state index contributed by atoms with van der Waals surface area (Å²) in [6, 6.07) is 9.74. The average molecular weight is 417 g/mol. The zero-order valence-electron chi connectivity index (χ0n) is 17.1. The van der Waals surface area contributed by atoms with E-state index in [9.17, 15) is 9.59 Å². The molecule has 29 heavy (non-hydrogen) atoms. The van der Waals surface area contributed by atoms with E-state index in [2.05, 4.69) is 0 Å². The van der Waals surface area contributed by atoms with Crippen molar-refractivity contribution >= 4 is 23.2 Å². The van der Waals surface area contributed by atoms with E-state index in [0.717, 1.165) is 10.4 Å². The first-order chi connectivity index (χ1) is 14.1. The molecule has 0 saturated carbocycles. The Hall–Kier alpha value is -2.54. The summed E-state index contributed by atoms with van der Waals surface area (Å²) in [7, 11) is 1.62. The van der Waals surface area contributed by atoms with Crippen LogP contribution in [0.15, 0.2) is 35.7 Å². The van der Waals surface area contributed by atoms with Gasteiger partial charge in [0.15, 0.2) is 11.5 Å². The Balaban J connectivity index is 1.45. The lowest BCUT2D eigenvalue weighted by atomic mass is 10.1. The predicted octanol–water partition coefficient (Wildman–Crippen LogP) is 3.00. The second-order valence-electron chi connectivity index (χ2n) is 6.94. The number of rotatable bonds is 8. The summed E-state index contributed by atoms with van der Waals surface area (Å²) >= 11 is 1.60. The highest BCUT2D eigenvalue weighted by Gasteiger charge is 2.24. The summed E-state index contributed by atoms with van der Waals surface area (Å²) in [4.78, 5) is 29.8. The van der Waals surface area contributed by atoms with Gasteiger partial charge in [-0.1, -0.05) is 12.1 Å². The number of amides is 2. The molecule has 2 aromatic rings. The Kier molecular flexibility index (Phi) is 7.52. The molecule has 1 saturated heterocycles. The van der Waals surface area contributed by atoms with Gasteiger partial charge in [0.25, 0.3) is 0 Å². The first-order valence-corrected chi connectivity index (χ1v) is 10.9. The van der Waals surface area contributed by atoms with Crippen molar-refractivity contribution in [2.45, 2.75) is 26.2 Å². The highest BCUT2D eigenvalue weighted by molar-refractivity contribution is 7.10. The van der Waals surface area contributed by atoms with Crippen LogP contribution in [0, 0.1) is 0 Å². The molecule has 2 heterocycles. The molecule has 0 atom stereocenters. The lowest BCUT2D eigenvalue weighted by Gasteiger charge is -2.35. The van der Waals surface area contributed by atoms with Gasteiger partial charge >= 0.3 is 0 Å².